The fourth-order valence-electron chi connectivity index (χ4n) is 2.07. The summed E-state index contributed by atoms with van der Waals surface area (Å²) in [6.07, 6.45) is 0. The number of alkyl halides is 3. The third-order valence-corrected chi connectivity index (χ3v) is 5.97. The maximum Gasteiger partial charge on any atom is 0.516 e. The van der Waals surface area contributed by atoms with E-state index in [1.54, 1.807) is 6.92 Å². The van der Waals surface area contributed by atoms with Crippen molar-refractivity contribution in [2.75, 3.05) is 9.44 Å². The fourth-order valence-corrected chi connectivity index (χ4v) is 3.71. The predicted molar refractivity (Wildman–Crippen MR) is 95.5 cm³/mol. The van der Waals surface area contributed by atoms with Crippen LogP contribution in [0.5, 0.6) is 0 Å². The van der Waals surface area contributed by atoms with Crippen molar-refractivity contribution in [1.29, 1.82) is 0 Å². The largest absolute Gasteiger partial charge is 0.516 e. The first-order chi connectivity index (χ1) is 12.7. The van der Waals surface area contributed by atoms with Crippen molar-refractivity contribution in [2.24, 2.45) is 5.73 Å². The first-order valence-corrected chi connectivity index (χ1v) is 10.3. The minimum Gasteiger partial charge on any atom is -0.366 e. The number of sulfonamides is 2. The Kier molecular flexibility index (Phi) is 5.62. The van der Waals surface area contributed by atoms with Gasteiger partial charge in [0, 0.05) is 16.9 Å². The Morgan fingerprint density at radius 3 is 1.89 bits per heavy atom. The van der Waals surface area contributed by atoms with E-state index in [1.165, 1.54) is 16.9 Å². The van der Waals surface area contributed by atoms with Crippen molar-refractivity contribution in [1.82, 2.24) is 0 Å². The van der Waals surface area contributed by atoms with E-state index in [-0.39, 0.29) is 16.1 Å². The molecule has 0 radical (unpaired) electrons. The zero-order valence-corrected chi connectivity index (χ0v) is 15.7. The van der Waals surface area contributed by atoms with Gasteiger partial charge >= 0.3 is 15.5 Å². The number of rotatable bonds is 6. The first kappa shape index (κ1) is 21.5. The Bertz CT molecular complexity index is 1110. The summed E-state index contributed by atoms with van der Waals surface area (Å²) in [4.78, 5) is 11.1. The molecule has 0 aromatic heterocycles. The number of carbonyl (C=O) groups excluding carboxylic acids is 1. The molecule has 0 saturated carbocycles. The van der Waals surface area contributed by atoms with E-state index in [4.69, 9.17) is 5.73 Å². The van der Waals surface area contributed by atoms with Crippen molar-refractivity contribution in [3.63, 3.8) is 0 Å². The van der Waals surface area contributed by atoms with Crippen molar-refractivity contribution >= 4 is 37.3 Å². The molecule has 8 nitrogen and oxygen atoms in total. The third kappa shape index (κ3) is 4.72. The Morgan fingerprint density at radius 2 is 1.43 bits per heavy atom. The summed E-state index contributed by atoms with van der Waals surface area (Å²) in [5.74, 6) is -0.809. The molecule has 0 heterocycles. The summed E-state index contributed by atoms with van der Waals surface area (Å²) in [7, 11) is -9.72. The summed E-state index contributed by atoms with van der Waals surface area (Å²) in [5.41, 5.74) is -0.265. The van der Waals surface area contributed by atoms with Gasteiger partial charge in [-0.2, -0.15) is 21.6 Å². The van der Waals surface area contributed by atoms with Crippen LogP contribution >= 0.6 is 0 Å². The van der Waals surface area contributed by atoms with E-state index in [2.05, 4.69) is 4.72 Å². The maximum atomic E-state index is 12.4. The van der Waals surface area contributed by atoms with Crippen molar-refractivity contribution in [2.45, 2.75) is 17.3 Å². The van der Waals surface area contributed by atoms with Crippen LogP contribution in [0, 0.1) is 6.92 Å². The summed E-state index contributed by atoms with van der Waals surface area (Å²) in [6, 6.07) is 7.76. The van der Waals surface area contributed by atoms with Gasteiger partial charge in [-0.1, -0.05) is 6.07 Å². The second kappa shape index (κ2) is 7.31. The molecule has 0 aliphatic carbocycles. The fraction of sp³-hybridized carbons (Fsp3) is 0.133. The molecular weight excluding hydrogens is 423 g/mol. The Labute approximate surface area is 158 Å². The van der Waals surface area contributed by atoms with Gasteiger partial charge in [0.25, 0.3) is 10.0 Å². The van der Waals surface area contributed by atoms with Crippen molar-refractivity contribution in [3.8, 4) is 0 Å². The lowest BCUT2D eigenvalue weighted by molar-refractivity contribution is -0.0429. The number of hydrogen-bond donors (Lipinski definition) is 3. The minimum absolute atomic E-state index is 0.0137. The van der Waals surface area contributed by atoms with Crippen LogP contribution < -0.4 is 15.2 Å². The quantitative estimate of drug-likeness (QED) is 0.636. The molecule has 0 saturated heterocycles. The highest BCUT2D eigenvalue weighted by Gasteiger charge is 2.46. The molecule has 0 aliphatic heterocycles. The second-order valence-electron chi connectivity index (χ2n) is 5.58. The monoisotopic (exact) mass is 437 g/mol. The average molecular weight is 437 g/mol. The van der Waals surface area contributed by atoms with E-state index in [0.29, 0.717) is 5.56 Å². The molecule has 28 heavy (non-hydrogen) atoms. The molecule has 13 heteroatoms. The molecule has 0 fully saturated rings. The Hall–Kier alpha value is -2.80. The number of anilines is 2. The molecule has 152 valence electrons. The smallest absolute Gasteiger partial charge is 0.366 e. The van der Waals surface area contributed by atoms with Gasteiger partial charge in [0.15, 0.2) is 0 Å². The minimum atomic E-state index is -5.59. The lowest BCUT2D eigenvalue weighted by Gasteiger charge is -2.12. The summed E-state index contributed by atoms with van der Waals surface area (Å²) >= 11 is 0. The molecule has 0 bridgehead atoms. The number of carbonyl (C=O) groups is 1. The molecule has 4 N–H and O–H groups in total. The molecule has 2 aromatic carbocycles. The SMILES string of the molecule is Cc1ccc(S(=O)(=O)Nc2ccc(NS(=O)(=O)C(F)(F)F)cc2)cc1C(N)=O. The highest BCUT2D eigenvalue weighted by Crippen LogP contribution is 2.26. The number of primary amides is 1. The summed E-state index contributed by atoms with van der Waals surface area (Å²) in [5, 5.41) is 0. The van der Waals surface area contributed by atoms with E-state index in [9.17, 15) is 34.8 Å². The van der Waals surface area contributed by atoms with Gasteiger partial charge in [-0.3, -0.25) is 14.2 Å². The lowest BCUT2D eigenvalue weighted by atomic mass is 10.1. The van der Waals surface area contributed by atoms with Crippen LogP contribution in [0.15, 0.2) is 47.4 Å². The van der Waals surface area contributed by atoms with Crippen LogP contribution in [0.1, 0.15) is 15.9 Å². The van der Waals surface area contributed by atoms with Crippen LogP contribution in [0.25, 0.3) is 0 Å². The highest BCUT2D eigenvalue weighted by atomic mass is 32.2. The number of nitrogens with two attached hydrogens (primary N) is 1. The topological polar surface area (TPSA) is 135 Å². The van der Waals surface area contributed by atoms with Gasteiger partial charge in [0.1, 0.15) is 0 Å². The third-order valence-electron chi connectivity index (χ3n) is 3.48. The molecule has 2 rings (SSSR count). The molecule has 1 amide bonds. The van der Waals surface area contributed by atoms with Gasteiger partial charge < -0.3 is 5.73 Å². The molecule has 2 aromatic rings. The summed E-state index contributed by atoms with van der Waals surface area (Å²) < 4.78 is 87.5. The van der Waals surface area contributed by atoms with Gasteiger partial charge in [-0.15, -0.1) is 0 Å². The van der Waals surface area contributed by atoms with Crippen LogP contribution in [0.3, 0.4) is 0 Å². The average Bonchev–Trinajstić information content (AvgIpc) is 2.55. The number of amides is 1. The Balaban J connectivity index is 2.24. The van der Waals surface area contributed by atoms with Crippen LogP contribution in [-0.4, -0.2) is 28.3 Å². The predicted octanol–water partition coefficient (Wildman–Crippen LogP) is 2.16. The zero-order chi connectivity index (χ0) is 21.3. The van der Waals surface area contributed by atoms with E-state index < -0.39 is 37.1 Å². The van der Waals surface area contributed by atoms with Gasteiger partial charge in [-0.05, 0) is 48.9 Å². The van der Waals surface area contributed by atoms with Crippen molar-refractivity contribution in [3.05, 3.63) is 53.6 Å². The molecule has 0 spiro atoms. The normalized spacial score (nSPS) is 12.4. The first-order valence-electron chi connectivity index (χ1n) is 7.35. The van der Waals surface area contributed by atoms with Gasteiger partial charge in [0.05, 0.1) is 4.90 Å². The van der Waals surface area contributed by atoms with E-state index in [1.807, 2.05) is 0 Å². The van der Waals surface area contributed by atoms with Gasteiger partial charge in [0.2, 0.25) is 5.91 Å². The highest BCUT2D eigenvalue weighted by molar-refractivity contribution is 7.93. The number of halogens is 3. The lowest BCUT2D eigenvalue weighted by Crippen LogP contribution is -2.29. The van der Waals surface area contributed by atoms with Crippen LogP contribution in [-0.2, 0) is 20.0 Å². The molecule has 0 aliphatic rings. The molecular formula is C15H14F3N3O5S2. The van der Waals surface area contributed by atoms with Crippen LogP contribution in [0.2, 0.25) is 0 Å². The molecule has 0 unspecified atom stereocenters. The number of benzene rings is 2. The number of aryl methyl sites for hydroxylation is 1. The maximum absolute atomic E-state index is 12.4. The van der Waals surface area contributed by atoms with Crippen molar-refractivity contribution < 1.29 is 34.8 Å². The zero-order valence-electron chi connectivity index (χ0n) is 14.1. The Morgan fingerprint density at radius 1 is 0.929 bits per heavy atom. The van der Waals surface area contributed by atoms with Gasteiger partial charge in [-0.25, -0.2) is 8.42 Å². The van der Waals surface area contributed by atoms with E-state index >= 15 is 0 Å². The second-order valence-corrected chi connectivity index (χ2v) is 8.93. The summed E-state index contributed by atoms with van der Waals surface area (Å²) in [6.45, 7) is 1.57. The molecule has 0 atom stereocenters. The standard InChI is InChI=1S/C15H14F3N3O5S2/c1-9-2-7-12(8-13(9)14(19)22)27(23,24)20-10-3-5-11(6-4-10)21-28(25,26)15(16,17)18/h2-8,20-21H,1H3,(H2,19,22). The number of nitrogens with one attached hydrogen (secondary N) is 2. The van der Waals surface area contributed by atoms with E-state index in [0.717, 1.165) is 30.3 Å². The van der Waals surface area contributed by atoms with Crippen LogP contribution in [0.4, 0.5) is 24.5 Å². The number of hydrogen-bond acceptors (Lipinski definition) is 5.